The van der Waals surface area contributed by atoms with Crippen LogP contribution in [0.15, 0.2) is 66.7 Å². The number of nitrogens with one attached hydrogen (secondary N) is 1. The maximum absolute atomic E-state index is 12.2. The van der Waals surface area contributed by atoms with Crippen molar-refractivity contribution in [3.8, 4) is 5.75 Å². The van der Waals surface area contributed by atoms with E-state index in [2.05, 4.69) is 60.8 Å². The lowest BCUT2D eigenvalue weighted by molar-refractivity contribution is -0.130. The summed E-state index contributed by atoms with van der Waals surface area (Å²) in [7, 11) is 0. The van der Waals surface area contributed by atoms with Crippen molar-refractivity contribution in [1.82, 2.24) is 15.1 Å². The molecule has 0 aliphatic carbocycles. The SMILES string of the molecule is CC(=O)N1CCN(C(=O)OCCOc2cccc(CN[C@H](C)c3cccc4ccccc34)c2)CC1. The summed E-state index contributed by atoms with van der Waals surface area (Å²) < 4.78 is 11.1. The van der Waals surface area contributed by atoms with Gasteiger partial charge in [0.15, 0.2) is 0 Å². The van der Waals surface area contributed by atoms with E-state index in [1.807, 2.05) is 18.2 Å². The third-order valence-corrected chi connectivity index (χ3v) is 6.36. The van der Waals surface area contributed by atoms with Crippen molar-refractivity contribution < 1.29 is 19.1 Å². The van der Waals surface area contributed by atoms with Crippen LogP contribution in [-0.2, 0) is 16.1 Å². The predicted molar refractivity (Wildman–Crippen MR) is 136 cm³/mol. The summed E-state index contributed by atoms with van der Waals surface area (Å²) in [5.74, 6) is 0.778. The van der Waals surface area contributed by atoms with Crippen LogP contribution < -0.4 is 10.1 Å². The number of benzene rings is 3. The molecule has 1 aliphatic heterocycles. The highest BCUT2D eigenvalue weighted by atomic mass is 16.6. The van der Waals surface area contributed by atoms with Crippen LogP contribution in [0.5, 0.6) is 5.75 Å². The molecular weight excluding hydrogens is 442 g/mol. The average molecular weight is 476 g/mol. The Morgan fingerprint density at radius 3 is 2.43 bits per heavy atom. The molecular formula is C28H33N3O4. The van der Waals surface area contributed by atoms with E-state index in [-0.39, 0.29) is 31.3 Å². The molecule has 1 atom stereocenters. The van der Waals surface area contributed by atoms with E-state index in [4.69, 9.17) is 9.47 Å². The van der Waals surface area contributed by atoms with Crippen LogP contribution in [0.1, 0.15) is 31.0 Å². The van der Waals surface area contributed by atoms with Crippen LogP contribution in [0.2, 0.25) is 0 Å². The second-order valence-electron chi connectivity index (χ2n) is 8.77. The van der Waals surface area contributed by atoms with Crippen molar-refractivity contribution in [2.75, 3.05) is 39.4 Å². The van der Waals surface area contributed by atoms with Gasteiger partial charge in [-0.2, -0.15) is 0 Å². The predicted octanol–water partition coefficient (Wildman–Crippen LogP) is 4.37. The van der Waals surface area contributed by atoms with Crippen molar-refractivity contribution in [3.63, 3.8) is 0 Å². The molecule has 1 saturated heterocycles. The Bertz CT molecular complexity index is 1150. The highest BCUT2D eigenvalue weighted by molar-refractivity contribution is 5.86. The number of ether oxygens (including phenoxy) is 2. The number of piperazine rings is 1. The number of amides is 2. The lowest BCUT2D eigenvalue weighted by atomic mass is 9.99. The first kappa shape index (κ1) is 24.5. The van der Waals surface area contributed by atoms with Crippen molar-refractivity contribution >= 4 is 22.8 Å². The minimum absolute atomic E-state index is 0.0341. The molecule has 1 heterocycles. The number of hydrogen-bond acceptors (Lipinski definition) is 5. The largest absolute Gasteiger partial charge is 0.490 e. The minimum Gasteiger partial charge on any atom is -0.490 e. The van der Waals surface area contributed by atoms with E-state index >= 15 is 0 Å². The molecule has 0 spiro atoms. The van der Waals surface area contributed by atoms with Gasteiger partial charge in [0, 0.05) is 45.7 Å². The van der Waals surface area contributed by atoms with Crippen LogP contribution in [0.25, 0.3) is 10.8 Å². The Hall–Kier alpha value is -3.58. The quantitative estimate of drug-likeness (QED) is 0.490. The van der Waals surface area contributed by atoms with Gasteiger partial charge in [-0.05, 0) is 41.0 Å². The Kier molecular flexibility index (Phi) is 8.21. The van der Waals surface area contributed by atoms with Crippen molar-refractivity contribution in [1.29, 1.82) is 0 Å². The third-order valence-electron chi connectivity index (χ3n) is 6.36. The standard InChI is InChI=1S/C28H33N3O4/c1-21(26-12-6-9-24-8-3-4-11-27(24)26)29-20-23-7-5-10-25(19-23)34-17-18-35-28(33)31-15-13-30(14-16-31)22(2)32/h3-12,19,21,29H,13-18,20H2,1-2H3/t21-/m1/s1. The Labute approximate surface area is 206 Å². The summed E-state index contributed by atoms with van der Waals surface area (Å²) in [6, 6.07) is 23.0. The first-order valence-electron chi connectivity index (χ1n) is 12.1. The van der Waals surface area contributed by atoms with Gasteiger partial charge in [-0.3, -0.25) is 4.79 Å². The van der Waals surface area contributed by atoms with Crippen molar-refractivity contribution in [2.45, 2.75) is 26.4 Å². The fraction of sp³-hybridized carbons (Fsp3) is 0.357. The molecule has 7 nitrogen and oxygen atoms in total. The van der Waals surface area contributed by atoms with Gasteiger partial charge in [0.2, 0.25) is 5.91 Å². The zero-order valence-electron chi connectivity index (χ0n) is 20.4. The summed E-state index contributed by atoms with van der Waals surface area (Å²) >= 11 is 0. The normalized spacial score (nSPS) is 14.6. The van der Waals surface area contributed by atoms with Crippen LogP contribution >= 0.6 is 0 Å². The fourth-order valence-electron chi connectivity index (χ4n) is 4.34. The van der Waals surface area contributed by atoms with Gasteiger partial charge < -0.3 is 24.6 Å². The molecule has 4 rings (SSSR count). The smallest absolute Gasteiger partial charge is 0.410 e. The average Bonchev–Trinajstić information content (AvgIpc) is 2.89. The van der Waals surface area contributed by atoms with E-state index in [0.29, 0.717) is 32.7 Å². The van der Waals surface area contributed by atoms with E-state index in [0.717, 1.165) is 11.3 Å². The Morgan fingerprint density at radius 1 is 0.914 bits per heavy atom. The molecule has 3 aromatic rings. The summed E-state index contributed by atoms with van der Waals surface area (Å²) in [6.07, 6.45) is -0.364. The molecule has 1 N–H and O–H groups in total. The number of carbonyl (C=O) groups is 2. The Morgan fingerprint density at radius 2 is 1.63 bits per heavy atom. The molecule has 184 valence electrons. The monoisotopic (exact) mass is 475 g/mol. The summed E-state index contributed by atoms with van der Waals surface area (Å²) in [5.41, 5.74) is 2.40. The maximum atomic E-state index is 12.2. The van der Waals surface area contributed by atoms with Crippen LogP contribution in [-0.4, -0.2) is 61.2 Å². The summed E-state index contributed by atoms with van der Waals surface area (Å²) in [4.78, 5) is 27.0. The molecule has 0 saturated carbocycles. The van der Waals surface area contributed by atoms with Crippen LogP contribution in [0, 0.1) is 0 Å². The maximum Gasteiger partial charge on any atom is 0.410 e. The van der Waals surface area contributed by atoms with Gasteiger partial charge in [0.1, 0.15) is 19.0 Å². The number of hydrogen-bond donors (Lipinski definition) is 1. The van der Waals surface area contributed by atoms with Crippen LogP contribution in [0.3, 0.4) is 0 Å². The molecule has 1 fully saturated rings. The van der Waals surface area contributed by atoms with Crippen molar-refractivity contribution in [2.24, 2.45) is 0 Å². The van der Waals surface area contributed by atoms with E-state index in [1.165, 1.54) is 16.3 Å². The summed E-state index contributed by atoms with van der Waals surface area (Å²) in [6.45, 7) is 6.95. The highest BCUT2D eigenvalue weighted by Gasteiger charge is 2.23. The lowest BCUT2D eigenvalue weighted by Gasteiger charge is -2.33. The molecule has 0 bridgehead atoms. The van der Waals surface area contributed by atoms with E-state index in [1.54, 1.807) is 16.7 Å². The zero-order chi connectivity index (χ0) is 24.6. The molecule has 35 heavy (non-hydrogen) atoms. The van der Waals surface area contributed by atoms with Gasteiger partial charge in [-0.25, -0.2) is 4.79 Å². The highest BCUT2D eigenvalue weighted by Crippen LogP contribution is 2.24. The van der Waals surface area contributed by atoms with Gasteiger partial charge in [-0.1, -0.05) is 54.6 Å². The molecule has 3 aromatic carbocycles. The van der Waals surface area contributed by atoms with Gasteiger partial charge in [0.05, 0.1) is 0 Å². The topological polar surface area (TPSA) is 71.1 Å². The number of rotatable bonds is 8. The lowest BCUT2D eigenvalue weighted by Crippen LogP contribution is -2.50. The molecule has 2 amide bonds. The van der Waals surface area contributed by atoms with Gasteiger partial charge in [-0.15, -0.1) is 0 Å². The van der Waals surface area contributed by atoms with Gasteiger partial charge in [0.25, 0.3) is 0 Å². The fourth-order valence-corrected chi connectivity index (χ4v) is 4.34. The Balaban J connectivity index is 1.21. The third kappa shape index (κ3) is 6.51. The number of fused-ring (bicyclic) bond motifs is 1. The van der Waals surface area contributed by atoms with E-state index < -0.39 is 0 Å². The number of carbonyl (C=O) groups excluding carboxylic acids is 2. The van der Waals surface area contributed by atoms with E-state index in [9.17, 15) is 9.59 Å². The van der Waals surface area contributed by atoms with Crippen molar-refractivity contribution in [3.05, 3.63) is 77.9 Å². The molecule has 1 aliphatic rings. The number of nitrogens with zero attached hydrogens (tertiary/aromatic N) is 2. The van der Waals surface area contributed by atoms with Gasteiger partial charge >= 0.3 is 6.09 Å². The molecule has 0 aromatic heterocycles. The molecule has 0 radical (unpaired) electrons. The minimum atomic E-state index is -0.364. The first-order chi connectivity index (χ1) is 17.0. The van der Waals surface area contributed by atoms with Crippen LogP contribution in [0.4, 0.5) is 4.79 Å². The molecule has 7 heteroatoms. The second kappa shape index (κ2) is 11.7. The first-order valence-corrected chi connectivity index (χ1v) is 12.1. The second-order valence-corrected chi connectivity index (χ2v) is 8.77. The molecule has 0 unspecified atom stereocenters. The zero-order valence-corrected chi connectivity index (χ0v) is 20.4. The summed E-state index contributed by atoms with van der Waals surface area (Å²) in [5, 5.41) is 6.12.